The lowest BCUT2D eigenvalue weighted by Gasteiger charge is -2.29. The molecule has 1 aliphatic heterocycles. The first-order valence-electron chi connectivity index (χ1n) is 6.37. The van der Waals surface area contributed by atoms with E-state index < -0.39 is 0 Å². The molecule has 1 aliphatic rings. The average Bonchev–Trinajstić information content (AvgIpc) is 2.75. The van der Waals surface area contributed by atoms with Crippen molar-refractivity contribution in [3.05, 3.63) is 29.6 Å². The fourth-order valence-electron chi connectivity index (χ4n) is 2.66. The summed E-state index contributed by atoms with van der Waals surface area (Å²) in [6, 6.07) is 5.60. The minimum Gasteiger partial charge on any atom is -0.367 e. The minimum atomic E-state index is -0.196. The van der Waals surface area contributed by atoms with Gasteiger partial charge in [-0.1, -0.05) is 0 Å². The van der Waals surface area contributed by atoms with Gasteiger partial charge in [-0.25, -0.2) is 4.39 Å². The Kier molecular flexibility index (Phi) is 4.46. The number of likely N-dealkylation sites (N-methyl/N-ethyl adjacent to an activating group) is 1. The van der Waals surface area contributed by atoms with E-state index >= 15 is 0 Å². The molecule has 0 spiro atoms. The van der Waals surface area contributed by atoms with Crippen LogP contribution in [0, 0.1) is 5.82 Å². The van der Waals surface area contributed by atoms with E-state index in [-0.39, 0.29) is 5.82 Å². The van der Waals surface area contributed by atoms with Gasteiger partial charge in [0.15, 0.2) is 0 Å². The van der Waals surface area contributed by atoms with Gasteiger partial charge in [-0.05, 0) is 50.7 Å². The average molecular weight is 271 g/mol. The SMILES string of the molecule is CN(C)CC1CCCN1c1cc(F)cc(CCl)c1. The summed E-state index contributed by atoms with van der Waals surface area (Å²) < 4.78 is 13.6. The third-order valence-corrected chi connectivity index (χ3v) is 3.69. The Morgan fingerprint density at radius 2 is 2.17 bits per heavy atom. The van der Waals surface area contributed by atoms with Crippen LogP contribution in [0.3, 0.4) is 0 Å². The monoisotopic (exact) mass is 270 g/mol. The lowest BCUT2D eigenvalue weighted by Crippen LogP contribution is -2.37. The molecule has 0 radical (unpaired) electrons. The van der Waals surface area contributed by atoms with Crippen LogP contribution < -0.4 is 4.90 Å². The van der Waals surface area contributed by atoms with Crippen molar-refractivity contribution in [3.8, 4) is 0 Å². The lowest BCUT2D eigenvalue weighted by atomic mass is 10.1. The number of halogens is 2. The fourth-order valence-corrected chi connectivity index (χ4v) is 2.82. The maximum absolute atomic E-state index is 13.6. The second kappa shape index (κ2) is 5.89. The zero-order chi connectivity index (χ0) is 13.1. The molecule has 1 aromatic rings. The molecule has 1 unspecified atom stereocenters. The maximum atomic E-state index is 13.6. The van der Waals surface area contributed by atoms with Gasteiger partial charge in [-0.15, -0.1) is 11.6 Å². The first-order valence-corrected chi connectivity index (χ1v) is 6.90. The Balaban J connectivity index is 2.21. The summed E-state index contributed by atoms with van der Waals surface area (Å²) >= 11 is 5.80. The molecule has 18 heavy (non-hydrogen) atoms. The van der Waals surface area contributed by atoms with Crippen molar-refractivity contribution < 1.29 is 4.39 Å². The van der Waals surface area contributed by atoms with E-state index in [0.29, 0.717) is 11.9 Å². The molecule has 2 nitrogen and oxygen atoms in total. The highest BCUT2D eigenvalue weighted by Gasteiger charge is 2.25. The molecular formula is C14H20ClFN2. The molecule has 100 valence electrons. The van der Waals surface area contributed by atoms with E-state index in [9.17, 15) is 4.39 Å². The summed E-state index contributed by atoms with van der Waals surface area (Å²) in [5.74, 6) is 0.162. The topological polar surface area (TPSA) is 6.48 Å². The Morgan fingerprint density at radius 1 is 1.39 bits per heavy atom. The predicted octanol–water partition coefficient (Wildman–Crippen LogP) is 3.09. The highest BCUT2D eigenvalue weighted by Crippen LogP contribution is 2.28. The summed E-state index contributed by atoms with van der Waals surface area (Å²) in [6.07, 6.45) is 2.34. The number of nitrogens with zero attached hydrogens (tertiary/aromatic N) is 2. The van der Waals surface area contributed by atoms with Crippen molar-refractivity contribution >= 4 is 17.3 Å². The third kappa shape index (κ3) is 3.15. The van der Waals surface area contributed by atoms with Gasteiger partial charge in [0.2, 0.25) is 0 Å². The van der Waals surface area contributed by atoms with Crippen molar-refractivity contribution in [1.29, 1.82) is 0 Å². The molecular weight excluding hydrogens is 251 g/mol. The van der Waals surface area contributed by atoms with Crippen molar-refractivity contribution in [3.63, 3.8) is 0 Å². The van der Waals surface area contributed by atoms with Gasteiger partial charge in [0.25, 0.3) is 0 Å². The molecule has 0 N–H and O–H groups in total. The van der Waals surface area contributed by atoms with Gasteiger partial charge in [-0.3, -0.25) is 0 Å². The summed E-state index contributed by atoms with van der Waals surface area (Å²) in [7, 11) is 4.15. The molecule has 2 rings (SSSR count). The Hall–Kier alpha value is -0.800. The van der Waals surface area contributed by atoms with Crippen molar-refractivity contribution in [1.82, 2.24) is 4.90 Å². The molecule has 1 aromatic carbocycles. The van der Waals surface area contributed by atoms with Crippen LogP contribution in [-0.2, 0) is 5.88 Å². The molecule has 0 aromatic heterocycles. The van der Waals surface area contributed by atoms with E-state index in [1.54, 1.807) is 6.07 Å². The van der Waals surface area contributed by atoms with Crippen LogP contribution in [0.15, 0.2) is 18.2 Å². The molecule has 0 amide bonds. The number of rotatable bonds is 4. The van der Waals surface area contributed by atoms with Crippen LogP contribution >= 0.6 is 11.6 Å². The van der Waals surface area contributed by atoms with Crippen LogP contribution in [0.25, 0.3) is 0 Å². The van der Waals surface area contributed by atoms with E-state index in [1.165, 1.54) is 18.9 Å². The van der Waals surface area contributed by atoms with Crippen LogP contribution in [0.2, 0.25) is 0 Å². The van der Waals surface area contributed by atoms with Gasteiger partial charge >= 0.3 is 0 Å². The molecule has 1 saturated heterocycles. The lowest BCUT2D eigenvalue weighted by molar-refractivity contribution is 0.372. The van der Waals surface area contributed by atoms with Crippen molar-refractivity contribution in [2.75, 3.05) is 32.1 Å². The molecule has 1 atom stereocenters. The first-order chi connectivity index (χ1) is 8.60. The maximum Gasteiger partial charge on any atom is 0.125 e. The molecule has 0 bridgehead atoms. The smallest absolute Gasteiger partial charge is 0.125 e. The van der Waals surface area contributed by atoms with Crippen LogP contribution in [0.5, 0.6) is 0 Å². The predicted molar refractivity (Wildman–Crippen MR) is 74.9 cm³/mol. The number of alkyl halides is 1. The highest BCUT2D eigenvalue weighted by molar-refractivity contribution is 6.17. The van der Waals surface area contributed by atoms with Gasteiger partial charge in [-0.2, -0.15) is 0 Å². The second-order valence-corrected chi connectivity index (χ2v) is 5.47. The second-order valence-electron chi connectivity index (χ2n) is 5.20. The number of benzene rings is 1. The quantitative estimate of drug-likeness (QED) is 0.776. The minimum absolute atomic E-state index is 0.196. The summed E-state index contributed by atoms with van der Waals surface area (Å²) in [6.45, 7) is 2.01. The first kappa shape index (κ1) is 13.6. The molecule has 0 saturated carbocycles. The standard InChI is InChI=1S/C14H20ClFN2/c1-17(2)10-13-4-3-5-18(13)14-7-11(9-15)6-12(16)8-14/h6-8,13H,3-5,9-10H2,1-2H3. The molecule has 4 heteroatoms. The number of anilines is 1. The number of hydrogen-bond acceptors (Lipinski definition) is 2. The summed E-state index contributed by atoms with van der Waals surface area (Å²) in [5, 5.41) is 0. The van der Waals surface area contributed by atoms with E-state index in [1.807, 2.05) is 6.07 Å². The molecule has 0 aliphatic carbocycles. The van der Waals surface area contributed by atoms with Crippen molar-refractivity contribution in [2.45, 2.75) is 24.8 Å². The zero-order valence-corrected chi connectivity index (χ0v) is 11.8. The van der Waals surface area contributed by atoms with Crippen LogP contribution in [-0.4, -0.2) is 38.1 Å². The highest BCUT2D eigenvalue weighted by atomic mass is 35.5. The normalized spacial score (nSPS) is 19.8. The summed E-state index contributed by atoms with van der Waals surface area (Å²) in [5.41, 5.74) is 1.82. The van der Waals surface area contributed by atoms with Crippen LogP contribution in [0.4, 0.5) is 10.1 Å². The zero-order valence-electron chi connectivity index (χ0n) is 11.0. The van der Waals surface area contributed by atoms with Gasteiger partial charge < -0.3 is 9.80 Å². The Morgan fingerprint density at radius 3 is 2.83 bits per heavy atom. The van der Waals surface area contributed by atoms with Gasteiger partial charge in [0.1, 0.15) is 5.82 Å². The van der Waals surface area contributed by atoms with Crippen LogP contribution in [0.1, 0.15) is 18.4 Å². The summed E-state index contributed by atoms with van der Waals surface area (Å²) in [4.78, 5) is 4.49. The molecule has 1 heterocycles. The Bertz CT molecular complexity index is 409. The fraction of sp³-hybridized carbons (Fsp3) is 0.571. The van der Waals surface area contributed by atoms with Crippen molar-refractivity contribution in [2.24, 2.45) is 0 Å². The van der Waals surface area contributed by atoms with Gasteiger partial charge in [0, 0.05) is 30.7 Å². The third-order valence-electron chi connectivity index (χ3n) is 3.38. The van der Waals surface area contributed by atoms with E-state index in [2.05, 4.69) is 23.9 Å². The van der Waals surface area contributed by atoms with E-state index in [4.69, 9.17) is 11.6 Å². The Labute approximate surface area is 113 Å². The molecule has 1 fully saturated rings. The number of hydrogen-bond donors (Lipinski definition) is 0. The van der Waals surface area contributed by atoms with Gasteiger partial charge in [0.05, 0.1) is 0 Å². The largest absolute Gasteiger partial charge is 0.367 e. The van der Waals surface area contributed by atoms with E-state index in [0.717, 1.165) is 24.3 Å².